The maximum Gasteiger partial charge on any atom is 0.0959 e. The van der Waals surface area contributed by atoms with E-state index in [0.29, 0.717) is 12.6 Å². The average molecular weight is 146 g/mol. The topological polar surface area (TPSA) is 58.7 Å². The van der Waals surface area contributed by atoms with Crippen LogP contribution in [0.5, 0.6) is 0 Å². The molecule has 1 aliphatic rings. The van der Waals surface area contributed by atoms with Crippen molar-refractivity contribution in [2.24, 2.45) is 5.90 Å². The summed E-state index contributed by atoms with van der Waals surface area (Å²) in [4.78, 5) is 6.47. The lowest BCUT2D eigenvalue weighted by molar-refractivity contribution is 0.0356. The zero-order valence-electron chi connectivity index (χ0n) is 5.99. The van der Waals surface area contributed by atoms with Crippen molar-refractivity contribution in [3.05, 3.63) is 0 Å². The van der Waals surface area contributed by atoms with E-state index >= 15 is 0 Å². The zero-order chi connectivity index (χ0) is 7.40. The van der Waals surface area contributed by atoms with Gasteiger partial charge in [0, 0.05) is 12.6 Å². The van der Waals surface area contributed by atoms with Gasteiger partial charge in [0.2, 0.25) is 0 Å². The molecule has 0 amide bonds. The van der Waals surface area contributed by atoms with Gasteiger partial charge in [0.05, 0.1) is 13.3 Å². The Morgan fingerprint density at radius 2 is 2.50 bits per heavy atom. The van der Waals surface area contributed by atoms with E-state index in [4.69, 9.17) is 11.0 Å². The van der Waals surface area contributed by atoms with Crippen molar-refractivity contribution in [3.63, 3.8) is 0 Å². The minimum absolute atomic E-state index is 0.119. The predicted octanol–water partition coefficient (Wildman–Crippen LogP) is -0.709. The van der Waals surface area contributed by atoms with Gasteiger partial charge in [-0.25, -0.2) is 5.90 Å². The van der Waals surface area contributed by atoms with E-state index in [1.54, 1.807) is 0 Å². The molecule has 1 rings (SSSR count). The normalized spacial score (nSPS) is 27.6. The molecule has 0 radical (unpaired) electrons. The maximum absolute atomic E-state index is 8.79. The number of nitrogens with zero attached hydrogens (tertiary/aromatic N) is 1. The first-order valence-corrected chi connectivity index (χ1v) is 3.55. The van der Waals surface area contributed by atoms with Crippen molar-refractivity contribution >= 4 is 0 Å². The summed E-state index contributed by atoms with van der Waals surface area (Å²) < 4.78 is 0. The summed E-state index contributed by atoms with van der Waals surface area (Å²) in [6, 6.07) is 0.329. The van der Waals surface area contributed by atoms with Crippen LogP contribution in [0.25, 0.3) is 0 Å². The first-order chi connectivity index (χ1) is 4.88. The van der Waals surface area contributed by atoms with Crippen LogP contribution in [0.3, 0.4) is 0 Å². The minimum Gasteiger partial charge on any atom is -0.381 e. The lowest BCUT2D eigenvalue weighted by atomic mass is 10.2. The second kappa shape index (κ2) is 3.88. The number of likely N-dealkylation sites (tertiary alicyclic amines) is 1. The van der Waals surface area contributed by atoms with Crippen LogP contribution in [-0.4, -0.2) is 35.9 Å². The Kier molecular flexibility index (Phi) is 3.08. The monoisotopic (exact) mass is 146 g/mol. The summed E-state index contributed by atoms with van der Waals surface area (Å²) in [6.07, 6.45) is 2.21. The summed E-state index contributed by atoms with van der Waals surface area (Å²) in [5.74, 6) is 4.92. The van der Waals surface area contributed by atoms with E-state index < -0.39 is 0 Å². The molecule has 60 valence electrons. The molecular formula is C6H14N2O2. The molecule has 0 aromatic heterocycles. The lowest BCUT2D eigenvalue weighted by Gasteiger charge is -2.19. The maximum atomic E-state index is 8.79. The highest BCUT2D eigenvalue weighted by Crippen LogP contribution is 2.15. The first kappa shape index (κ1) is 7.94. The van der Waals surface area contributed by atoms with Gasteiger partial charge in [0.25, 0.3) is 0 Å². The highest BCUT2D eigenvalue weighted by Gasteiger charge is 2.23. The molecule has 1 aliphatic heterocycles. The summed E-state index contributed by atoms with van der Waals surface area (Å²) in [7, 11) is 0. The predicted molar refractivity (Wildman–Crippen MR) is 37.0 cm³/mol. The van der Waals surface area contributed by atoms with Crippen molar-refractivity contribution in [2.75, 3.05) is 19.9 Å². The molecular weight excluding hydrogens is 132 g/mol. The minimum atomic E-state index is 0.119. The van der Waals surface area contributed by atoms with E-state index in [1.807, 2.05) is 4.90 Å². The molecule has 0 aromatic rings. The van der Waals surface area contributed by atoms with Gasteiger partial charge >= 0.3 is 0 Å². The van der Waals surface area contributed by atoms with Gasteiger partial charge in [0.15, 0.2) is 0 Å². The number of aliphatic hydroxyl groups excluding tert-OH is 1. The molecule has 0 unspecified atom stereocenters. The molecule has 0 aromatic carbocycles. The Hall–Kier alpha value is -0.160. The van der Waals surface area contributed by atoms with Crippen molar-refractivity contribution in [1.82, 2.24) is 4.90 Å². The van der Waals surface area contributed by atoms with Crippen LogP contribution in [0, 0.1) is 0 Å². The zero-order valence-corrected chi connectivity index (χ0v) is 5.99. The van der Waals surface area contributed by atoms with Gasteiger partial charge in [-0.1, -0.05) is 0 Å². The number of rotatable bonds is 3. The number of hydrogen-bond donors (Lipinski definition) is 2. The molecule has 1 fully saturated rings. The van der Waals surface area contributed by atoms with Gasteiger partial charge in [0.1, 0.15) is 0 Å². The van der Waals surface area contributed by atoms with E-state index in [1.165, 1.54) is 0 Å². The fourth-order valence-electron chi connectivity index (χ4n) is 1.38. The van der Waals surface area contributed by atoms with Crippen molar-refractivity contribution in [1.29, 1.82) is 0 Å². The molecule has 0 saturated carbocycles. The second-order valence-corrected chi connectivity index (χ2v) is 2.58. The molecule has 1 heterocycles. The average Bonchev–Trinajstić information content (AvgIpc) is 2.36. The lowest BCUT2D eigenvalue weighted by Crippen LogP contribution is -2.34. The largest absolute Gasteiger partial charge is 0.381 e. The van der Waals surface area contributed by atoms with Gasteiger partial charge in [-0.3, -0.25) is 4.90 Å². The van der Waals surface area contributed by atoms with Crippen molar-refractivity contribution in [2.45, 2.75) is 18.9 Å². The molecule has 4 nitrogen and oxygen atoms in total. The first-order valence-electron chi connectivity index (χ1n) is 3.55. The van der Waals surface area contributed by atoms with Crippen LogP contribution in [-0.2, 0) is 4.84 Å². The van der Waals surface area contributed by atoms with Crippen molar-refractivity contribution in [3.8, 4) is 0 Å². The molecule has 3 N–H and O–H groups in total. The summed E-state index contributed by atoms with van der Waals surface area (Å²) in [5.41, 5.74) is 0. The number of hydrogen-bond acceptors (Lipinski definition) is 4. The van der Waals surface area contributed by atoms with Crippen molar-refractivity contribution < 1.29 is 9.94 Å². The van der Waals surface area contributed by atoms with Crippen LogP contribution in [0.2, 0.25) is 0 Å². The molecule has 4 heteroatoms. The van der Waals surface area contributed by atoms with E-state index in [2.05, 4.69) is 4.84 Å². The Bertz CT molecular complexity index is 99.7. The van der Waals surface area contributed by atoms with Gasteiger partial charge in [-0.2, -0.15) is 0 Å². The molecule has 0 spiro atoms. The SMILES string of the molecule is NOC[C@@H]1CCCN1CO. The summed E-state index contributed by atoms with van der Waals surface area (Å²) >= 11 is 0. The molecule has 10 heavy (non-hydrogen) atoms. The van der Waals surface area contributed by atoms with E-state index in [9.17, 15) is 0 Å². The van der Waals surface area contributed by atoms with Crippen LogP contribution in [0.4, 0.5) is 0 Å². The third kappa shape index (κ3) is 1.67. The van der Waals surface area contributed by atoms with Crippen LogP contribution < -0.4 is 5.90 Å². The second-order valence-electron chi connectivity index (χ2n) is 2.58. The van der Waals surface area contributed by atoms with Gasteiger partial charge in [-0.05, 0) is 12.8 Å². The smallest absolute Gasteiger partial charge is 0.0959 e. The summed E-state index contributed by atoms with van der Waals surface area (Å²) in [6.45, 7) is 1.61. The third-order valence-corrected chi connectivity index (χ3v) is 1.97. The molecule has 0 bridgehead atoms. The summed E-state index contributed by atoms with van der Waals surface area (Å²) in [5, 5.41) is 8.79. The molecule has 1 atom stereocenters. The van der Waals surface area contributed by atoms with Crippen LogP contribution in [0.15, 0.2) is 0 Å². The number of nitrogens with two attached hydrogens (primary N) is 1. The van der Waals surface area contributed by atoms with Crippen LogP contribution >= 0.6 is 0 Å². The molecule has 1 saturated heterocycles. The third-order valence-electron chi connectivity index (χ3n) is 1.97. The fraction of sp³-hybridized carbons (Fsp3) is 1.00. The Morgan fingerprint density at radius 3 is 3.10 bits per heavy atom. The van der Waals surface area contributed by atoms with E-state index in [-0.39, 0.29) is 6.73 Å². The Morgan fingerprint density at radius 1 is 1.70 bits per heavy atom. The van der Waals surface area contributed by atoms with Gasteiger partial charge in [-0.15, -0.1) is 0 Å². The Labute approximate surface area is 60.5 Å². The quantitative estimate of drug-likeness (QED) is 0.516. The fourth-order valence-corrected chi connectivity index (χ4v) is 1.38. The highest BCUT2D eigenvalue weighted by molar-refractivity contribution is 4.76. The highest BCUT2D eigenvalue weighted by atomic mass is 16.6. The van der Waals surface area contributed by atoms with Gasteiger partial charge < -0.3 is 9.94 Å². The van der Waals surface area contributed by atoms with E-state index in [0.717, 1.165) is 19.4 Å². The van der Waals surface area contributed by atoms with Crippen LogP contribution in [0.1, 0.15) is 12.8 Å². The standard InChI is InChI=1S/C6H14N2O2/c7-10-4-6-2-1-3-8(6)5-9/h6,9H,1-5,7H2/t6-/m0/s1. The Balaban J connectivity index is 2.27. The molecule has 0 aliphatic carbocycles. The number of aliphatic hydroxyl groups is 1.